The first-order valence-electron chi connectivity index (χ1n) is 5.46. The van der Waals surface area contributed by atoms with Crippen molar-refractivity contribution in [2.75, 3.05) is 32.9 Å². The van der Waals surface area contributed by atoms with Crippen LogP contribution in [0.5, 0.6) is 0 Å². The zero-order valence-electron chi connectivity index (χ0n) is 9.60. The summed E-state index contributed by atoms with van der Waals surface area (Å²) in [6.45, 7) is 1.90. The molecule has 0 aromatic carbocycles. The maximum Gasteiger partial charge on any atom is 0.406 e. The molecule has 1 N–H and O–H groups in total. The number of ether oxygens (including phenoxy) is 2. The SMILES string of the molecule is CCOCCOC(=O)C1(C(F)(F)F)CCNC1. The smallest absolute Gasteiger partial charge is 0.406 e. The number of nitrogens with one attached hydrogen (secondary N) is 1. The number of alkyl halides is 3. The number of hydrogen-bond donors (Lipinski definition) is 1. The molecule has 1 fully saturated rings. The normalized spacial score (nSPS) is 24.9. The van der Waals surface area contributed by atoms with Gasteiger partial charge in [0.05, 0.1) is 6.61 Å². The third-order valence-electron chi connectivity index (χ3n) is 2.75. The highest BCUT2D eigenvalue weighted by Gasteiger charge is 2.62. The Kier molecular flexibility index (Phi) is 4.76. The van der Waals surface area contributed by atoms with Crippen molar-refractivity contribution in [1.82, 2.24) is 5.32 Å². The molecule has 1 aliphatic rings. The van der Waals surface area contributed by atoms with Crippen molar-refractivity contribution in [3.05, 3.63) is 0 Å². The van der Waals surface area contributed by atoms with E-state index in [0.717, 1.165) is 0 Å². The molecule has 0 saturated carbocycles. The molecule has 0 aromatic rings. The van der Waals surface area contributed by atoms with E-state index >= 15 is 0 Å². The van der Waals surface area contributed by atoms with Gasteiger partial charge in [-0.3, -0.25) is 4.79 Å². The van der Waals surface area contributed by atoms with Crippen LogP contribution in [0.1, 0.15) is 13.3 Å². The minimum absolute atomic E-state index is 0.115. The summed E-state index contributed by atoms with van der Waals surface area (Å²) in [5, 5.41) is 2.55. The predicted molar refractivity (Wildman–Crippen MR) is 53.4 cm³/mol. The van der Waals surface area contributed by atoms with E-state index in [1.165, 1.54) is 0 Å². The Balaban J connectivity index is 2.56. The van der Waals surface area contributed by atoms with E-state index in [1.54, 1.807) is 6.92 Å². The Bertz CT molecular complexity index is 262. The van der Waals surface area contributed by atoms with E-state index in [9.17, 15) is 18.0 Å². The predicted octanol–water partition coefficient (Wildman–Crippen LogP) is 1.11. The van der Waals surface area contributed by atoms with Crippen molar-refractivity contribution in [2.45, 2.75) is 19.5 Å². The molecule has 17 heavy (non-hydrogen) atoms. The van der Waals surface area contributed by atoms with E-state index in [-0.39, 0.29) is 26.2 Å². The number of carbonyl (C=O) groups excluding carboxylic acids is 1. The molecule has 0 amide bonds. The molecular weight excluding hydrogens is 239 g/mol. The van der Waals surface area contributed by atoms with Gasteiger partial charge in [-0.25, -0.2) is 0 Å². The second-order valence-electron chi connectivity index (χ2n) is 3.84. The van der Waals surface area contributed by atoms with Crippen molar-refractivity contribution >= 4 is 5.97 Å². The van der Waals surface area contributed by atoms with Crippen molar-refractivity contribution in [3.63, 3.8) is 0 Å². The van der Waals surface area contributed by atoms with Gasteiger partial charge < -0.3 is 14.8 Å². The summed E-state index contributed by atoms with van der Waals surface area (Å²) < 4.78 is 48.1. The Hall–Kier alpha value is -0.820. The first-order chi connectivity index (χ1) is 7.94. The largest absolute Gasteiger partial charge is 0.463 e. The summed E-state index contributed by atoms with van der Waals surface area (Å²) in [4.78, 5) is 11.5. The summed E-state index contributed by atoms with van der Waals surface area (Å²) in [5.41, 5.74) is -2.39. The molecule has 0 bridgehead atoms. The molecule has 7 heteroatoms. The topological polar surface area (TPSA) is 47.6 Å². The molecule has 1 unspecified atom stereocenters. The molecule has 0 aliphatic carbocycles. The van der Waals surface area contributed by atoms with Crippen LogP contribution in [0.15, 0.2) is 0 Å². The van der Waals surface area contributed by atoms with Crippen molar-refractivity contribution in [3.8, 4) is 0 Å². The molecule has 1 rings (SSSR count). The Labute approximate surface area is 97.5 Å². The van der Waals surface area contributed by atoms with E-state index in [1.807, 2.05) is 0 Å². The third-order valence-corrected chi connectivity index (χ3v) is 2.75. The zero-order chi connectivity index (χ0) is 12.9. The van der Waals surface area contributed by atoms with Crippen LogP contribution < -0.4 is 5.32 Å². The zero-order valence-corrected chi connectivity index (χ0v) is 9.60. The molecule has 1 atom stereocenters. The van der Waals surface area contributed by atoms with Gasteiger partial charge in [0.2, 0.25) is 0 Å². The number of hydrogen-bond acceptors (Lipinski definition) is 4. The van der Waals surface area contributed by atoms with E-state index in [4.69, 9.17) is 4.74 Å². The lowest BCUT2D eigenvalue weighted by atomic mass is 9.86. The fourth-order valence-corrected chi connectivity index (χ4v) is 1.70. The van der Waals surface area contributed by atoms with Gasteiger partial charge in [0.15, 0.2) is 5.41 Å². The van der Waals surface area contributed by atoms with Crippen LogP contribution in [0.25, 0.3) is 0 Å². The Morgan fingerprint density at radius 3 is 2.59 bits per heavy atom. The van der Waals surface area contributed by atoms with Crippen LogP contribution in [0.3, 0.4) is 0 Å². The molecule has 1 heterocycles. The second-order valence-corrected chi connectivity index (χ2v) is 3.84. The van der Waals surface area contributed by atoms with Crippen LogP contribution in [0.4, 0.5) is 13.2 Å². The molecule has 4 nitrogen and oxygen atoms in total. The summed E-state index contributed by atoms with van der Waals surface area (Å²) in [6, 6.07) is 0. The number of rotatable bonds is 5. The molecule has 0 aromatic heterocycles. The lowest BCUT2D eigenvalue weighted by Gasteiger charge is -2.28. The van der Waals surface area contributed by atoms with Crippen molar-refractivity contribution in [2.24, 2.45) is 5.41 Å². The Morgan fingerprint density at radius 2 is 2.12 bits per heavy atom. The molecule has 0 spiro atoms. The molecule has 1 aliphatic heterocycles. The van der Waals surface area contributed by atoms with Crippen LogP contribution in [-0.2, 0) is 14.3 Å². The fraction of sp³-hybridized carbons (Fsp3) is 0.900. The molecular formula is C10H16F3NO3. The lowest BCUT2D eigenvalue weighted by molar-refractivity contribution is -0.229. The van der Waals surface area contributed by atoms with Crippen molar-refractivity contribution in [1.29, 1.82) is 0 Å². The van der Waals surface area contributed by atoms with Crippen LogP contribution in [0, 0.1) is 5.41 Å². The van der Waals surface area contributed by atoms with E-state index in [0.29, 0.717) is 6.61 Å². The Morgan fingerprint density at radius 1 is 1.41 bits per heavy atom. The van der Waals surface area contributed by atoms with Gasteiger partial charge in [0.25, 0.3) is 0 Å². The first-order valence-corrected chi connectivity index (χ1v) is 5.46. The average Bonchev–Trinajstić information content (AvgIpc) is 2.73. The van der Waals surface area contributed by atoms with Gasteiger partial charge in [-0.15, -0.1) is 0 Å². The van der Waals surface area contributed by atoms with Gasteiger partial charge in [-0.2, -0.15) is 13.2 Å². The summed E-state index contributed by atoms with van der Waals surface area (Å²) in [7, 11) is 0. The first kappa shape index (κ1) is 14.2. The highest BCUT2D eigenvalue weighted by atomic mass is 19.4. The standard InChI is InChI=1S/C10H16F3NO3/c1-2-16-5-6-17-8(15)9(10(11,12)13)3-4-14-7-9/h14H,2-7H2,1H3. The molecule has 0 radical (unpaired) electrons. The van der Waals surface area contributed by atoms with Gasteiger partial charge in [0.1, 0.15) is 6.61 Å². The lowest BCUT2D eigenvalue weighted by Crippen LogP contribution is -2.48. The van der Waals surface area contributed by atoms with Gasteiger partial charge in [-0.1, -0.05) is 0 Å². The van der Waals surface area contributed by atoms with Crippen LogP contribution in [0.2, 0.25) is 0 Å². The summed E-state index contributed by atoms with van der Waals surface area (Å²) >= 11 is 0. The second kappa shape index (κ2) is 5.68. The van der Waals surface area contributed by atoms with Gasteiger partial charge in [0, 0.05) is 13.2 Å². The summed E-state index contributed by atoms with van der Waals surface area (Å²) in [5.74, 6) is -1.21. The van der Waals surface area contributed by atoms with Gasteiger partial charge in [-0.05, 0) is 19.9 Å². The minimum atomic E-state index is -4.58. The average molecular weight is 255 g/mol. The minimum Gasteiger partial charge on any atom is -0.463 e. The highest BCUT2D eigenvalue weighted by Crippen LogP contribution is 2.43. The quantitative estimate of drug-likeness (QED) is 0.590. The summed E-state index contributed by atoms with van der Waals surface area (Å²) in [6.07, 6.45) is -4.86. The third kappa shape index (κ3) is 3.10. The van der Waals surface area contributed by atoms with Gasteiger partial charge >= 0.3 is 12.1 Å². The van der Waals surface area contributed by atoms with Crippen molar-refractivity contribution < 1.29 is 27.4 Å². The number of esters is 1. The van der Waals surface area contributed by atoms with E-state index in [2.05, 4.69) is 10.1 Å². The fourth-order valence-electron chi connectivity index (χ4n) is 1.70. The monoisotopic (exact) mass is 255 g/mol. The maximum atomic E-state index is 12.9. The molecule has 100 valence electrons. The van der Waals surface area contributed by atoms with E-state index < -0.39 is 24.1 Å². The van der Waals surface area contributed by atoms with Crippen LogP contribution >= 0.6 is 0 Å². The highest BCUT2D eigenvalue weighted by molar-refractivity contribution is 5.78. The maximum absolute atomic E-state index is 12.9. The van der Waals surface area contributed by atoms with Crippen LogP contribution in [-0.4, -0.2) is 45.1 Å². The molecule has 1 saturated heterocycles. The number of carbonyl (C=O) groups is 1. The number of halogens is 3.